The van der Waals surface area contributed by atoms with Crippen LogP contribution in [0.1, 0.15) is 13.8 Å². The maximum atomic E-state index is 12.1. The second-order valence-electron chi connectivity index (χ2n) is 5.51. The molecule has 1 aliphatic heterocycles. The molecular weight excluding hydrogens is 324 g/mol. The van der Waals surface area contributed by atoms with E-state index >= 15 is 0 Å². The van der Waals surface area contributed by atoms with E-state index in [1.165, 1.54) is 0 Å². The number of nitrogens with zero attached hydrogens (tertiary/aromatic N) is 1. The fourth-order valence-corrected chi connectivity index (χ4v) is 2.73. The Bertz CT molecular complexity index is 671. The van der Waals surface area contributed by atoms with Crippen molar-refractivity contribution in [2.45, 2.75) is 36.5 Å². The number of hydrogen-bond donors (Lipinski definition) is 5. The number of carbonyl (C=O) groups is 1. The largest absolute Gasteiger partial charge is 0.394 e. The Balaban J connectivity index is 2.62. The van der Waals surface area contributed by atoms with E-state index in [-0.39, 0.29) is 11.3 Å². The highest BCUT2D eigenvalue weighted by molar-refractivity contribution is 5.85. The molecule has 1 aromatic carbocycles. The van der Waals surface area contributed by atoms with Crippen molar-refractivity contribution in [2.24, 2.45) is 5.73 Å². The van der Waals surface area contributed by atoms with E-state index in [0.29, 0.717) is 0 Å². The molecule has 132 valence electrons. The van der Waals surface area contributed by atoms with Gasteiger partial charge in [-0.3, -0.25) is 14.9 Å². The number of carbonyl (C=O) groups excluding carboxylic acids is 1. The normalized spacial score (nSPS) is 36.9. The number of nitrogens with two attached hydrogens (primary N) is 1. The minimum absolute atomic E-state index is 0.134. The second kappa shape index (κ2) is 6.16. The highest BCUT2D eigenvalue weighted by atomic mass is 16.7. The molecular formula is C14H18N2O8. The average Bonchev–Trinajstić information content (AvgIpc) is 2.62. The monoisotopic (exact) mass is 343 g/mol. The molecule has 24 heavy (non-hydrogen) atoms. The molecule has 1 aliphatic rings. The van der Waals surface area contributed by atoms with E-state index in [4.69, 9.17) is 11.8 Å². The van der Waals surface area contributed by atoms with Crippen LogP contribution in [-0.2, 0) is 15.1 Å². The minimum atomic E-state index is -2.93. The Morgan fingerprint density at radius 2 is 2.04 bits per heavy atom. The van der Waals surface area contributed by atoms with E-state index in [9.17, 15) is 35.3 Å². The lowest BCUT2D eigenvalue weighted by Crippen LogP contribution is -2.77. The van der Waals surface area contributed by atoms with Gasteiger partial charge >= 0.3 is 0 Å². The van der Waals surface area contributed by atoms with Crippen LogP contribution in [0.4, 0.5) is 5.69 Å². The van der Waals surface area contributed by atoms with Crippen LogP contribution in [0.2, 0.25) is 0 Å². The zero-order valence-electron chi connectivity index (χ0n) is 13.4. The van der Waals surface area contributed by atoms with Gasteiger partial charge in [0.1, 0.15) is 23.9 Å². The quantitative estimate of drug-likeness (QED) is 0.310. The van der Waals surface area contributed by atoms with Crippen LogP contribution in [0.15, 0.2) is 24.3 Å². The Hall–Kier alpha value is -1.95. The molecule has 1 fully saturated rings. The number of non-ortho nitro benzene ring substituents is 1. The molecule has 1 unspecified atom stereocenters. The molecule has 0 amide bonds. The van der Waals surface area contributed by atoms with Gasteiger partial charge in [0.15, 0.2) is 5.78 Å². The minimum Gasteiger partial charge on any atom is -0.394 e. The second-order valence-corrected chi connectivity index (χ2v) is 5.51. The summed E-state index contributed by atoms with van der Waals surface area (Å²) >= 11 is 0. The molecule has 0 aliphatic carbocycles. The molecule has 0 spiro atoms. The third kappa shape index (κ3) is 2.49. The number of ketones is 1. The number of rotatable bonds is 4. The Morgan fingerprint density at radius 3 is 2.50 bits per heavy atom. The van der Waals surface area contributed by atoms with Gasteiger partial charge in [0.05, 0.1) is 11.5 Å². The van der Waals surface area contributed by atoms with Crippen molar-refractivity contribution in [3.8, 4) is 0 Å². The van der Waals surface area contributed by atoms with Crippen LogP contribution in [0.3, 0.4) is 0 Å². The van der Waals surface area contributed by atoms with Crippen LogP contribution in [0, 0.1) is 10.1 Å². The fourth-order valence-electron chi connectivity index (χ4n) is 2.73. The first-order valence-corrected chi connectivity index (χ1v) is 6.87. The lowest BCUT2D eigenvalue weighted by molar-refractivity contribution is -0.384. The molecule has 1 heterocycles. The van der Waals surface area contributed by atoms with Crippen LogP contribution < -0.4 is 5.73 Å². The molecule has 10 heteroatoms. The maximum absolute atomic E-state index is 12.1. The highest BCUT2D eigenvalue weighted by Crippen LogP contribution is 2.42. The van der Waals surface area contributed by atoms with Crippen molar-refractivity contribution in [3.63, 3.8) is 0 Å². The summed E-state index contributed by atoms with van der Waals surface area (Å²) in [5.41, 5.74) is 3.21. The van der Waals surface area contributed by atoms with Gasteiger partial charge in [-0.25, -0.2) is 0 Å². The third-order valence-corrected chi connectivity index (χ3v) is 4.17. The number of nitro groups is 1. The first kappa shape index (κ1) is 16.9. The van der Waals surface area contributed by atoms with Crippen LogP contribution in [0.25, 0.3) is 0 Å². The molecule has 0 saturated carbocycles. The highest BCUT2D eigenvalue weighted by Gasteiger charge is 2.65. The van der Waals surface area contributed by atoms with Gasteiger partial charge in [-0.1, -0.05) is 12.1 Å². The molecule has 0 aromatic heterocycles. The first-order valence-electron chi connectivity index (χ1n) is 7.57. The van der Waals surface area contributed by atoms with Crippen molar-refractivity contribution in [2.75, 3.05) is 6.61 Å². The Kier molecular flexibility index (Phi) is 4.34. The summed E-state index contributed by atoms with van der Waals surface area (Å²) in [4.78, 5) is 22.2. The summed E-state index contributed by atoms with van der Waals surface area (Å²) in [7, 11) is 0. The van der Waals surface area contributed by atoms with Crippen LogP contribution in [-0.4, -0.2) is 61.8 Å². The number of aliphatic hydroxyl groups excluding tert-OH is 3. The summed E-state index contributed by atoms with van der Waals surface area (Å²) in [5, 5.41) is 51.2. The van der Waals surface area contributed by atoms with E-state index in [1.807, 2.05) is 0 Å². The Labute approximate surface area is 137 Å². The summed E-state index contributed by atoms with van der Waals surface area (Å²) in [6, 6.07) is 4.26. The lowest BCUT2D eigenvalue weighted by Gasteiger charge is -2.52. The molecule has 10 nitrogen and oxygen atoms in total. The topological polar surface area (TPSA) is 176 Å². The van der Waals surface area contributed by atoms with Crippen LogP contribution in [0.5, 0.6) is 0 Å². The van der Waals surface area contributed by atoms with Crippen molar-refractivity contribution in [1.82, 2.24) is 0 Å². The summed E-state index contributed by atoms with van der Waals surface area (Å²) in [5.74, 6) is -4.14. The van der Waals surface area contributed by atoms with Gasteiger partial charge in [-0.05, 0) is 5.56 Å². The first-order chi connectivity index (χ1) is 11.6. The van der Waals surface area contributed by atoms with Gasteiger partial charge < -0.3 is 30.9 Å². The molecule has 0 radical (unpaired) electrons. The zero-order chi connectivity index (χ0) is 19.0. The fraction of sp³-hybridized carbons (Fsp3) is 0.500. The van der Waals surface area contributed by atoms with E-state index in [2.05, 4.69) is 0 Å². The maximum Gasteiger partial charge on any atom is 0.269 e. The molecule has 6 N–H and O–H groups in total. The SMILES string of the molecule is [2H]CC(=O)C1(O)O[C@H](CO)[C@@H](O)[C@H](O)[C@]1(N)c1ccc([N+](=O)[O-])cc1. The van der Waals surface area contributed by atoms with Crippen LogP contribution >= 0.6 is 0 Å². The van der Waals surface area contributed by atoms with Gasteiger partial charge in [-0.15, -0.1) is 0 Å². The Morgan fingerprint density at radius 1 is 1.46 bits per heavy atom. The van der Waals surface area contributed by atoms with Gasteiger partial charge in [-0.2, -0.15) is 0 Å². The average molecular weight is 343 g/mol. The standard InChI is InChI=1S/C14H18N2O8/c1-7(18)14(21)13(15,12(20)11(19)10(6-17)24-14)8-2-4-9(5-3-8)16(22)23/h2-5,10-12,17,19-21H,6,15H2,1H3/t10-,11-,12+,13-,14?/m1/s1/i1D. The van der Waals surface area contributed by atoms with Gasteiger partial charge in [0, 0.05) is 20.4 Å². The lowest BCUT2D eigenvalue weighted by atomic mass is 9.71. The van der Waals surface area contributed by atoms with E-state index < -0.39 is 53.9 Å². The third-order valence-electron chi connectivity index (χ3n) is 4.17. The van der Waals surface area contributed by atoms with E-state index in [0.717, 1.165) is 24.3 Å². The number of nitro benzene ring substituents is 1. The predicted molar refractivity (Wildman–Crippen MR) is 78.6 cm³/mol. The number of hydrogen-bond acceptors (Lipinski definition) is 9. The zero-order valence-corrected chi connectivity index (χ0v) is 12.4. The van der Waals surface area contributed by atoms with Crippen molar-refractivity contribution >= 4 is 11.5 Å². The van der Waals surface area contributed by atoms with Crippen molar-refractivity contribution in [1.29, 1.82) is 0 Å². The van der Waals surface area contributed by atoms with Crippen molar-refractivity contribution < 1.29 is 36.3 Å². The predicted octanol–water partition coefficient (Wildman–Crippen LogP) is -1.86. The summed E-state index contributed by atoms with van der Waals surface area (Å²) < 4.78 is 12.3. The summed E-state index contributed by atoms with van der Waals surface area (Å²) in [6.07, 6.45) is -5.26. The molecule has 1 saturated heterocycles. The van der Waals surface area contributed by atoms with Gasteiger partial charge in [0.25, 0.3) is 11.5 Å². The molecule has 0 bridgehead atoms. The number of Topliss-reactive ketones (excluding diaryl/α,β-unsaturated/α-hetero) is 1. The number of ether oxygens (including phenoxy) is 1. The molecule has 5 atom stereocenters. The number of aliphatic hydroxyl groups is 4. The summed E-state index contributed by atoms with van der Waals surface area (Å²) in [6.45, 7) is -1.79. The molecule has 1 aromatic rings. The van der Waals surface area contributed by atoms with Crippen molar-refractivity contribution in [3.05, 3.63) is 39.9 Å². The number of benzene rings is 1. The smallest absolute Gasteiger partial charge is 0.269 e. The van der Waals surface area contributed by atoms with E-state index in [1.54, 1.807) is 0 Å². The molecule has 2 rings (SSSR count). The van der Waals surface area contributed by atoms with Gasteiger partial charge in [0.2, 0.25) is 0 Å².